The fourth-order valence-electron chi connectivity index (χ4n) is 0.143. The number of aliphatic hydroxyl groups excluding tert-OH is 1. The van der Waals surface area contributed by atoms with E-state index in [0.717, 1.165) is 7.11 Å². The summed E-state index contributed by atoms with van der Waals surface area (Å²) in [5, 5.41) is 22.6. The maximum absolute atomic E-state index is 9.55. The smallest absolute Gasteiger partial charge is 0.328 e. The predicted molar refractivity (Wildman–Crippen MR) is 32.6 cm³/mol. The van der Waals surface area contributed by atoms with Crippen molar-refractivity contribution < 1.29 is 24.9 Å². The molecule has 0 unspecified atom stereocenters. The van der Waals surface area contributed by atoms with Gasteiger partial charge in [-0.25, -0.2) is 9.59 Å². The van der Waals surface area contributed by atoms with Gasteiger partial charge in [0.15, 0.2) is 0 Å². The zero-order chi connectivity index (χ0) is 8.57. The SMILES string of the molecule is CO.O=C(O)/C=C\C(=O)O. The van der Waals surface area contributed by atoms with Crippen LogP contribution in [-0.2, 0) is 9.59 Å². The minimum absolute atomic E-state index is 0.558. The summed E-state index contributed by atoms with van der Waals surface area (Å²) in [6.45, 7) is 0. The molecular formula is C5H8O5. The predicted octanol–water partition coefficient (Wildman–Crippen LogP) is -0.680. The Kier molecular flexibility index (Phi) is 8.74. The maximum atomic E-state index is 9.55. The maximum Gasteiger partial charge on any atom is 0.328 e. The summed E-state index contributed by atoms with van der Waals surface area (Å²) in [7, 11) is 1.00. The van der Waals surface area contributed by atoms with Crippen LogP contribution in [0.5, 0.6) is 0 Å². The van der Waals surface area contributed by atoms with Crippen LogP contribution in [0.15, 0.2) is 12.2 Å². The summed E-state index contributed by atoms with van der Waals surface area (Å²) >= 11 is 0. The lowest BCUT2D eigenvalue weighted by Gasteiger charge is -1.74. The number of aliphatic hydroxyl groups is 1. The Labute approximate surface area is 57.2 Å². The quantitative estimate of drug-likeness (QED) is 0.451. The molecular weight excluding hydrogens is 140 g/mol. The van der Waals surface area contributed by atoms with Crippen LogP contribution in [-0.4, -0.2) is 34.4 Å². The molecule has 0 aromatic rings. The molecule has 0 saturated carbocycles. The number of aliphatic carboxylic acids is 2. The molecule has 0 aliphatic carbocycles. The van der Waals surface area contributed by atoms with Crippen molar-refractivity contribution in [2.75, 3.05) is 7.11 Å². The van der Waals surface area contributed by atoms with Crippen molar-refractivity contribution in [3.8, 4) is 0 Å². The molecule has 0 radical (unpaired) electrons. The van der Waals surface area contributed by atoms with Crippen LogP contribution in [0.1, 0.15) is 0 Å². The first-order chi connectivity index (χ1) is 4.63. The molecule has 0 saturated heterocycles. The third kappa shape index (κ3) is 15.9. The number of carbonyl (C=O) groups is 2. The van der Waals surface area contributed by atoms with Gasteiger partial charge in [-0.05, 0) is 0 Å². The number of rotatable bonds is 2. The van der Waals surface area contributed by atoms with Gasteiger partial charge in [-0.3, -0.25) is 0 Å². The van der Waals surface area contributed by atoms with Gasteiger partial charge in [0.1, 0.15) is 0 Å². The average Bonchev–Trinajstić information content (AvgIpc) is 1.89. The lowest BCUT2D eigenvalue weighted by atomic mass is 10.5. The molecule has 0 bridgehead atoms. The van der Waals surface area contributed by atoms with E-state index < -0.39 is 11.9 Å². The van der Waals surface area contributed by atoms with Crippen LogP contribution in [0.2, 0.25) is 0 Å². The zero-order valence-corrected chi connectivity index (χ0v) is 5.31. The molecule has 10 heavy (non-hydrogen) atoms. The second-order valence-electron chi connectivity index (χ2n) is 1.01. The van der Waals surface area contributed by atoms with Crippen LogP contribution in [0.4, 0.5) is 0 Å². The van der Waals surface area contributed by atoms with Crippen molar-refractivity contribution in [1.82, 2.24) is 0 Å². The fourth-order valence-corrected chi connectivity index (χ4v) is 0.143. The van der Waals surface area contributed by atoms with Crippen LogP contribution in [0.3, 0.4) is 0 Å². The van der Waals surface area contributed by atoms with Crippen molar-refractivity contribution >= 4 is 11.9 Å². The summed E-state index contributed by atoms with van der Waals surface area (Å²) in [5.41, 5.74) is 0. The first-order valence-corrected chi connectivity index (χ1v) is 2.21. The van der Waals surface area contributed by atoms with Crippen molar-refractivity contribution in [2.45, 2.75) is 0 Å². The second kappa shape index (κ2) is 7.64. The molecule has 0 atom stereocenters. The van der Waals surface area contributed by atoms with Gasteiger partial charge in [0.25, 0.3) is 0 Å². The molecule has 0 fully saturated rings. The average molecular weight is 148 g/mol. The summed E-state index contributed by atoms with van der Waals surface area (Å²) in [4.78, 5) is 19.1. The van der Waals surface area contributed by atoms with E-state index in [1.807, 2.05) is 0 Å². The molecule has 0 spiro atoms. The largest absolute Gasteiger partial charge is 0.478 e. The lowest BCUT2D eigenvalue weighted by Crippen LogP contribution is -1.91. The van der Waals surface area contributed by atoms with Crippen LogP contribution < -0.4 is 0 Å². The van der Waals surface area contributed by atoms with E-state index in [9.17, 15) is 9.59 Å². The van der Waals surface area contributed by atoms with E-state index in [0.29, 0.717) is 12.2 Å². The van der Waals surface area contributed by atoms with E-state index in [1.165, 1.54) is 0 Å². The third-order valence-corrected chi connectivity index (χ3v) is 0.368. The Balaban J connectivity index is 0. The van der Waals surface area contributed by atoms with Crippen molar-refractivity contribution in [3.63, 3.8) is 0 Å². The Hall–Kier alpha value is -1.36. The van der Waals surface area contributed by atoms with E-state index >= 15 is 0 Å². The van der Waals surface area contributed by atoms with Crippen LogP contribution >= 0.6 is 0 Å². The van der Waals surface area contributed by atoms with E-state index in [4.69, 9.17) is 15.3 Å². The van der Waals surface area contributed by atoms with Crippen LogP contribution in [0, 0.1) is 0 Å². The molecule has 0 heterocycles. The molecule has 0 amide bonds. The van der Waals surface area contributed by atoms with Gasteiger partial charge in [-0.1, -0.05) is 0 Å². The molecule has 0 aromatic heterocycles. The Bertz CT molecular complexity index is 121. The van der Waals surface area contributed by atoms with Crippen molar-refractivity contribution in [2.24, 2.45) is 0 Å². The number of hydrogen-bond acceptors (Lipinski definition) is 3. The van der Waals surface area contributed by atoms with Gasteiger partial charge in [0.05, 0.1) is 0 Å². The minimum Gasteiger partial charge on any atom is -0.478 e. The minimum atomic E-state index is -1.26. The third-order valence-electron chi connectivity index (χ3n) is 0.368. The molecule has 0 aliphatic heterocycles. The molecule has 3 N–H and O–H groups in total. The first-order valence-electron chi connectivity index (χ1n) is 2.21. The van der Waals surface area contributed by atoms with Gasteiger partial charge >= 0.3 is 11.9 Å². The van der Waals surface area contributed by atoms with Gasteiger partial charge in [0, 0.05) is 19.3 Å². The van der Waals surface area contributed by atoms with E-state index in [1.54, 1.807) is 0 Å². The normalized spacial score (nSPS) is 8.20. The molecule has 5 heteroatoms. The van der Waals surface area contributed by atoms with Gasteiger partial charge < -0.3 is 15.3 Å². The van der Waals surface area contributed by atoms with Crippen molar-refractivity contribution in [1.29, 1.82) is 0 Å². The highest BCUT2D eigenvalue weighted by molar-refractivity contribution is 5.89. The summed E-state index contributed by atoms with van der Waals surface area (Å²) < 4.78 is 0. The Morgan fingerprint density at radius 3 is 1.30 bits per heavy atom. The number of hydrogen-bond donors (Lipinski definition) is 3. The summed E-state index contributed by atoms with van der Waals surface area (Å²) in [6.07, 6.45) is 1.12. The van der Waals surface area contributed by atoms with E-state index in [2.05, 4.69) is 0 Å². The highest BCUT2D eigenvalue weighted by Crippen LogP contribution is 1.70. The summed E-state index contributed by atoms with van der Waals surface area (Å²) in [5.74, 6) is -2.51. The summed E-state index contributed by atoms with van der Waals surface area (Å²) in [6, 6.07) is 0. The monoisotopic (exact) mass is 148 g/mol. The molecule has 58 valence electrons. The second-order valence-corrected chi connectivity index (χ2v) is 1.01. The molecule has 0 aliphatic rings. The molecule has 0 aromatic carbocycles. The molecule has 5 nitrogen and oxygen atoms in total. The van der Waals surface area contributed by atoms with Crippen molar-refractivity contribution in [3.05, 3.63) is 12.2 Å². The lowest BCUT2D eigenvalue weighted by molar-refractivity contribution is -0.134. The van der Waals surface area contributed by atoms with Crippen LogP contribution in [0.25, 0.3) is 0 Å². The fraction of sp³-hybridized carbons (Fsp3) is 0.200. The zero-order valence-electron chi connectivity index (χ0n) is 5.31. The highest BCUT2D eigenvalue weighted by atomic mass is 16.4. The van der Waals surface area contributed by atoms with Gasteiger partial charge in [0.2, 0.25) is 0 Å². The van der Waals surface area contributed by atoms with Gasteiger partial charge in [-0.2, -0.15) is 0 Å². The first kappa shape index (κ1) is 11.4. The number of carboxylic acid groups (broad SMARTS) is 2. The Morgan fingerprint density at radius 1 is 1.00 bits per heavy atom. The molecule has 0 rings (SSSR count). The standard InChI is InChI=1S/C4H4O4.CH4O/c5-3(6)1-2-4(7)8;1-2/h1-2H,(H,5,6)(H,7,8);2H,1H3/b2-1-;. The Morgan fingerprint density at radius 2 is 1.20 bits per heavy atom. The highest BCUT2D eigenvalue weighted by Gasteiger charge is 1.88. The van der Waals surface area contributed by atoms with Gasteiger partial charge in [-0.15, -0.1) is 0 Å². The van der Waals surface area contributed by atoms with E-state index in [-0.39, 0.29) is 0 Å². The number of carboxylic acids is 2. The topological polar surface area (TPSA) is 94.8 Å².